The van der Waals surface area contributed by atoms with E-state index < -0.39 is 0 Å². The van der Waals surface area contributed by atoms with E-state index in [1.807, 2.05) is 18.2 Å². The van der Waals surface area contributed by atoms with E-state index in [-0.39, 0.29) is 0 Å². The smallest absolute Gasteiger partial charge is 0.143 e. The van der Waals surface area contributed by atoms with Crippen molar-refractivity contribution >= 4 is 11.6 Å². The number of aromatic nitrogens is 4. The molecule has 1 heterocycles. The van der Waals surface area contributed by atoms with Gasteiger partial charge in [-0.3, -0.25) is 0 Å². The van der Waals surface area contributed by atoms with Gasteiger partial charge in [-0.15, -0.1) is 5.10 Å². The van der Waals surface area contributed by atoms with Crippen LogP contribution in [0.1, 0.15) is 25.8 Å². The molecule has 4 nitrogen and oxygen atoms in total. The topological polar surface area (TPSA) is 43.6 Å². The molecule has 0 atom stereocenters. The molecule has 2 aromatic rings. The number of tetrazole rings is 1. The van der Waals surface area contributed by atoms with Gasteiger partial charge in [-0.2, -0.15) is 0 Å². The second kappa shape index (κ2) is 5.27. The largest absolute Gasteiger partial charge is 0.200 e. The van der Waals surface area contributed by atoms with Crippen molar-refractivity contribution in [2.45, 2.75) is 26.7 Å². The Morgan fingerprint density at radius 3 is 2.82 bits per heavy atom. The summed E-state index contributed by atoms with van der Waals surface area (Å²) in [5.74, 6) is 0.663. The summed E-state index contributed by atoms with van der Waals surface area (Å²) < 4.78 is 1.67. The van der Waals surface area contributed by atoms with E-state index in [1.165, 1.54) is 5.56 Å². The Morgan fingerprint density at radius 1 is 1.35 bits per heavy atom. The number of benzene rings is 1. The molecule has 17 heavy (non-hydrogen) atoms. The number of aryl methyl sites for hydroxylation is 1. The molecule has 0 aliphatic rings. The highest BCUT2D eigenvalue weighted by Crippen LogP contribution is 2.21. The maximum Gasteiger partial charge on any atom is 0.143 e. The van der Waals surface area contributed by atoms with E-state index in [0.717, 1.165) is 23.6 Å². The van der Waals surface area contributed by atoms with Crippen LogP contribution in [0.25, 0.3) is 5.69 Å². The van der Waals surface area contributed by atoms with Crippen LogP contribution in [0.15, 0.2) is 24.5 Å². The minimum absolute atomic E-state index is 0.663. The lowest BCUT2D eigenvalue weighted by atomic mass is 10.0. The van der Waals surface area contributed by atoms with Gasteiger partial charge in [0.15, 0.2) is 0 Å². The van der Waals surface area contributed by atoms with Crippen LogP contribution >= 0.6 is 11.6 Å². The number of nitrogens with zero attached hydrogens (tertiary/aromatic N) is 4. The second-order valence-electron chi connectivity index (χ2n) is 4.46. The van der Waals surface area contributed by atoms with Gasteiger partial charge in [0.05, 0.1) is 5.69 Å². The molecule has 0 fully saturated rings. The molecule has 0 unspecified atom stereocenters. The van der Waals surface area contributed by atoms with Gasteiger partial charge in [0, 0.05) is 5.02 Å². The van der Waals surface area contributed by atoms with Crippen molar-refractivity contribution in [1.82, 2.24) is 20.2 Å². The van der Waals surface area contributed by atoms with Crippen LogP contribution in [0.2, 0.25) is 5.02 Å². The summed E-state index contributed by atoms with van der Waals surface area (Å²) in [5, 5.41) is 12.0. The Balaban J connectivity index is 2.31. The van der Waals surface area contributed by atoms with Gasteiger partial charge >= 0.3 is 0 Å². The van der Waals surface area contributed by atoms with Gasteiger partial charge in [-0.1, -0.05) is 25.4 Å². The number of hydrogen-bond acceptors (Lipinski definition) is 3. The summed E-state index contributed by atoms with van der Waals surface area (Å²) in [6.07, 6.45) is 3.70. The van der Waals surface area contributed by atoms with Crippen LogP contribution in [0.5, 0.6) is 0 Å². The molecule has 0 radical (unpaired) electrons. The molecule has 2 rings (SSSR count). The molecule has 0 saturated carbocycles. The molecule has 5 heteroatoms. The predicted octanol–water partition coefficient (Wildman–Crippen LogP) is 2.90. The van der Waals surface area contributed by atoms with Gasteiger partial charge in [0.2, 0.25) is 0 Å². The summed E-state index contributed by atoms with van der Waals surface area (Å²) in [4.78, 5) is 0. The molecule has 90 valence electrons. The summed E-state index contributed by atoms with van der Waals surface area (Å²) >= 11 is 6.03. The lowest BCUT2D eigenvalue weighted by Gasteiger charge is -2.10. The van der Waals surface area contributed by atoms with Crippen molar-refractivity contribution in [3.05, 3.63) is 35.1 Å². The van der Waals surface area contributed by atoms with E-state index in [0.29, 0.717) is 5.92 Å². The van der Waals surface area contributed by atoms with Crippen LogP contribution in [-0.4, -0.2) is 20.2 Å². The first-order chi connectivity index (χ1) is 8.16. The zero-order valence-corrected chi connectivity index (χ0v) is 10.7. The molecule has 0 bridgehead atoms. The molecule has 0 aliphatic heterocycles. The van der Waals surface area contributed by atoms with Crippen LogP contribution < -0.4 is 0 Å². The maximum absolute atomic E-state index is 6.03. The van der Waals surface area contributed by atoms with Crippen molar-refractivity contribution in [1.29, 1.82) is 0 Å². The van der Waals surface area contributed by atoms with Crippen LogP contribution in [-0.2, 0) is 6.42 Å². The molecule has 1 aromatic heterocycles. The minimum Gasteiger partial charge on any atom is -0.200 e. The van der Waals surface area contributed by atoms with Gasteiger partial charge in [0.1, 0.15) is 6.33 Å². The fourth-order valence-corrected chi connectivity index (χ4v) is 1.89. The second-order valence-corrected chi connectivity index (χ2v) is 4.90. The zero-order valence-electron chi connectivity index (χ0n) is 9.97. The van der Waals surface area contributed by atoms with Gasteiger partial charge in [0.25, 0.3) is 0 Å². The standard InChI is InChI=1S/C12H15ClN4/c1-9(2)3-4-10-7-11(13)5-6-12(10)17-8-14-15-16-17/h5-9H,3-4H2,1-2H3. The van der Waals surface area contributed by atoms with E-state index >= 15 is 0 Å². The molecule has 0 amide bonds. The number of rotatable bonds is 4. The van der Waals surface area contributed by atoms with E-state index in [9.17, 15) is 0 Å². The molecule has 0 N–H and O–H groups in total. The predicted molar refractivity (Wildman–Crippen MR) is 67.3 cm³/mol. The fourth-order valence-electron chi connectivity index (χ4n) is 1.69. The Bertz CT molecular complexity index is 479. The van der Waals surface area contributed by atoms with Crippen molar-refractivity contribution in [2.75, 3.05) is 0 Å². The molecular weight excluding hydrogens is 236 g/mol. The first-order valence-corrected chi connectivity index (χ1v) is 6.06. The van der Waals surface area contributed by atoms with Crippen molar-refractivity contribution in [2.24, 2.45) is 5.92 Å². The van der Waals surface area contributed by atoms with Crippen molar-refractivity contribution in [3.8, 4) is 5.69 Å². The van der Waals surface area contributed by atoms with Gasteiger partial charge in [-0.05, 0) is 52.9 Å². The van der Waals surface area contributed by atoms with Crippen molar-refractivity contribution in [3.63, 3.8) is 0 Å². The Kier molecular flexibility index (Phi) is 3.74. The minimum atomic E-state index is 0.663. The first kappa shape index (κ1) is 12.0. The third-order valence-electron chi connectivity index (χ3n) is 2.63. The van der Waals surface area contributed by atoms with Crippen LogP contribution in [0.4, 0.5) is 0 Å². The summed E-state index contributed by atoms with van der Waals surface area (Å²) in [6, 6.07) is 5.80. The van der Waals surface area contributed by atoms with Crippen LogP contribution in [0.3, 0.4) is 0 Å². The number of halogens is 1. The molecular formula is C12H15ClN4. The normalized spacial score (nSPS) is 11.1. The molecule has 0 saturated heterocycles. The van der Waals surface area contributed by atoms with Gasteiger partial charge < -0.3 is 0 Å². The lowest BCUT2D eigenvalue weighted by Crippen LogP contribution is -2.02. The Morgan fingerprint density at radius 2 is 2.18 bits per heavy atom. The van der Waals surface area contributed by atoms with E-state index in [1.54, 1.807) is 11.0 Å². The highest BCUT2D eigenvalue weighted by Gasteiger charge is 2.07. The van der Waals surface area contributed by atoms with Gasteiger partial charge in [-0.25, -0.2) is 4.68 Å². The molecule has 1 aromatic carbocycles. The Hall–Kier alpha value is -1.42. The maximum atomic E-state index is 6.03. The third kappa shape index (κ3) is 3.03. The highest BCUT2D eigenvalue weighted by atomic mass is 35.5. The average Bonchev–Trinajstić information content (AvgIpc) is 2.80. The van der Waals surface area contributed by atoms with E-state index in [2.05, 4.69) is 29.4 Å². The molecule has 0 aliphatic carbocycles. The fraction of sp³-hybridized carbons (Fsp3) is 0.417. The molecule has 0 spiro atoms. The first-order valence-electron chi connectivity index (χ1n) is 5.68. The monoisotopic (exact) mass is 250 g/mol. The average molecular weight is 251 g/mol. The van der Waals surface area contributed by atoms with E-state index in [4.69, 9.17) is 11.6 Å². The quantitative estimate of drug-likeness (QED) is 0.838. The SMILES string of the molecule is CC(C)CCc1cc(Cl)ccc1-n1cnnn1. The lowest BCUT2D eigenvalue weighted by molar-refractivity contribution is 0.584. The Labute approximate surface area is 106 Å². The number of hydrogen-bond donors (Lipinski definition) is 0. The zero-order chi connectivity index (χ0) is 12.3. The summed E-state index contributed by atoms with van der Waals surface area (Å²) in [6.45, 7) is 4.42. The summed E-state index contributed by atoms with van der Waals surface area (Å²) in [7, 11) is 0. The third-order valence-corrected chi connectivity index (χ3v) is 2.86. The van der Waals surface area contributed by atoms with Crippen LogP contribution in [0, 0.1) is 5.92 Å². The summed E-state index contributed by atoms with van der Waals surface area (Å²) in [5.41, 5.74) is 2.18. The highest BCUT2D eigenvalue weighted by molar-refractivity contribution is 6.30. The van der Waals surface area contributed by atoms with Crippen molar-refractivity contribution < 1.29 is 0 Å².